The van der Waals surface area contributed by atoms with Crippen LogP contribution in [0.15, 0.2) is 51.5 Å². The van der Waals surface area contributed by atoms with Crippen LogP contribution >= 0.6 is 23.3 Å². The summed E-state index contributed by atoms with van der Waals surface area (Å²) in [6.45, 7) is 1.96. The number of nitrogens with zero attached hydrogens (tertiary/aromatic N) is 3. The molecular formula is C17H14N4O3S2. The summed E-state index contributed by atoms with van der Waals surface area (Å²) in [4.78, 5) is 24.2. The number of aromatic nitrogens is 1. The normalized spacial score (nSPS) is 17.2. The first-order valence-corrected chi connectivity index (χ1v) is 9.08. The fraction of sp³-hybridized carbons (Fsp3) is 0.118. The Bertz CT molecular complexity index is 930. The highest BCUT2D eigenvalue weighted by molar-refractivity contribution is 8.18. The van der Waals surface area contributed by atoms with Gasteiger partial charge in [0.25, 0.3) is 5.91 Å². The molecule has 3 rings (SSSR count). The highest BCUT2D eigenvalue weighted by atomic mass is 32.2. The highest BCUT2D eigenvalue weighted by Crippen LogP contribution is 2.25. The summed E-state index contributed by atoms with van der Waals surface area (Å²) in [6.07, 6.45) is 2.70. The molecule has 1 N–H and O–H groups in total. The van der Waals surface area contributed by atoms with Gasteiger partial charge in [-0.3, -0.25) is 10.1 Å². The van der Waals surface area contributed by atoms with Crippen molar-refractivity contribution in [2.45, 2.75) is 6.92 Å². The van der Waals surface area contributed by atoms with Crippen LogP contribution < -0.4 is 5.32 Å². The quantitative estimate of drug-likeness (QED) is 0.377. The SMILES string of the molecule is COC(=O)/C=C1/S/C(=N\N=Cc2ccc(-c3cc(C)ns3)cc2)NC1=O. The number of rotatable bonds is 4. The van der Waals surface area contributed by atoms with Crippen LogP contribution in [0.5, 0.6) is 0 Å². The molecule has 1 aromatic carbocycles. The summed E-state index contributed by atoms with van der Waals surface area (Å²) in [5.74, 6) is -0.998. The van der Waals surface area contributed by atoms with E-state index in [4.69, 9.17) is 0 Å². The maximum absolute atomic E-state index is 11.7. The minimum Gasteiger partial charge on any atom is -0.466 e. The van der Waals surface area contributed by atoms with Crippen molar-refractivity contribution in [1.29, 1.82) is 0 Å². The predicted octanol–water partition coefficient (Wildman–Crippen LogP) is 2.73. The summed E-state index contributed by atoms with van der Waals surface area (Å²) in [5, 5.41) is 10.8. The number of hydrogen-bond donors (Lipinski definition) is 1. The minimum atomic E-state index is -0.594. The second-order valence-electron chi connectivity index (χ2n) is 5.19. The zero-order valence-corrected chi connectivity index (χ0v) is 15.6. The smallest absolute Gasteiger partial charge is 0.331 e. The van der Waals surface area contributed by atoms with Gasteiger partial charge < -0.3 is 4.74 Å². The average molecular weight is 386 g/mol. The van der Waals surface area contributed by atoms with E-state index in [-0.39, 0.29) is 4.91 Å². The van der Waals surface area contributed by atoms with Crippen molar-refractivity contribution in [3.05, 3.63) is 52.6 Å². The third kappa shape index (κ3) is 4.44. The molecular weight excluding hydrogens is 372 g/mol. The lowest BCUT2D eigenvalue weighted by Gasteiger charge is -1.97. The van der Waals surface area contributed by atoms with Crippen molar-refractivity contribution in [1.82, 2.24) is 9.69 Å². The van der Waals surface area contributed by atoms with Crippen molar-refractivity contribution in [3.8, 4) is 10.4 Å². The number of carbonyl (C=O) groups excluding carboxylic acids is 2. The van der Waals surface area contributed by atoms with Crippen molar-refractivity contribution in [3.63, 3.8) is 0 Å². The number of esters is 1. The van der Waals surface area contributed by atoms with E-state index in [0.717, 1.165) is 39.5 Å². The van der Waals surface area contributed by atoms with Crippen molar-refractivity contribution < 1.29 is 14.3 Å². The Morgan fingerprint density at radius 2 is 2.08 bits per heavy atom. The third-order valence-corrected chi connectivity index (χ3v) is 5.11. The lowest BCUT2D eigenvalue weighted by Crippen LogP contribution is -2.19. The second kappa shape index (κ2) is 8.07. The van der Waals surface area contributed by atoms with Crippen LogP contribution in [0.2, 0.25) is 0 Å². The molecule has 2 heterocycles. The zero-order chi connectivity index (χ0) is 18.5. The fourth-order valence-corrected chi connectivity index (χ4v) is 3.52. The summed E-state index contributed by atoms with van der Waals surface area (Å²) < 4.78 is 8.77. The van der Waals surface area contributed by atoms with Crippen LogP contribution in [-0.4, -0.2) is 34.7 Å². The van der Waals surface area contributed by atoms with E-state index in [1.54, 1.807) is 6.21 Å². The lowest BCUT2D eigenvalue weighted by atomic mass is 10.1. The van der Waals surface area contributed by atoms with Gasteiger partial charge in [0.05, 0.1) is 28.8 Å². The van der Waals surface area contributed by atoms with E-state index >= 15 is 0 Å². The maximum atomic E-state index is 11.7. The number of amides is 1. The Balaban J connectivity index is 1.65. The largest absolute Gasteiger partial charge is 0.466 e. The van der Waals surface area contributed by atoms with Crippen LogP contribution in [0, 0.1) is 6.92 Å². The molecule has 0 spiro atoms. The second-order valence-corrected chi connectivity index (χ2v) is 7.03. The van der Waals surface area contributed by atoms with Gasteiger partial charge in [0, 0.05) is 6.08 Å². The number of amidine groups is 1. The highest BCUT2D eigenvalue weighted by Gasteiger charge is 2.24. The molecule has 1 aromatic heterocycles. The van der Waals surface area contributed by atoms with E-state index in [0.29, 0.717) is 5.17 Å². The molecule has 1 aliphatic heterocycles. The number of carbonyl (C=O) groups is 2. The number of nitrogens with one attached hydrogen (secondary N) is 1. The number of methoxy groups -OCH3 is 1. The van der Waals surface area contributed by atoms with Crippen LogP contribution in [0.1, 0.15) is 11.3 Å². The standard InChI is InChI=1S/C17H14N4O3S2/c1-10-7-13(26-21-10)12-5-3-11(4-6-12)9-18-20-17-19-16(23)14(25-17)8-15(22)24-2/h3-9H,1-2H3,(H,19,20,23)/b14-8+,18-9?. The number of benzene rings is 1. The number of ether oxygens (including phenoxy) is 1. The molecule has 132 valence electrons. The molecule has 1 amide bonds. The Labute approximate surface area is 158 Å². The van der Waals surface area contributed by atoms with Gasteiger partial charge in [0.2, 0.25) is 0 Å². The molecule has 0 atom stereocenters. The van der Waals surface area contributed by atoms with Gasteiger partial charge in [0.1, 0.15) is 0 Å². The van der Waals surface area contributed by atoms with E-state index in [1.165, 1.54) is 18.6 Å². The van der Waals surface area contributed by atoms with E-state index in [9.17, 15) is 9.59 Å². The van der Waals surface area contributed by atoms with Crippen LogP contribution in [-0.2, 0) is 14.3 Å². The van der Waals surface area contributed by atoms with Crippen LogP contribution in [0.25, 0.3) is 10.4 Å². The lowest BCUT2D eigenvalue weighted by molar-refractivity contribution is -0.135. The van der Waals surface area contributed by atoms with Crippen molar-refractivity contribution >= 4 is 46.6 Å². The molecule has 0 bridgehead atoms. The number of thioether (sulfide) groups is 1. The molecule has 0 radical (unpaired) electrons. The summed E-state index contributed by atoms with van der Waals surface area (Å²) in [7, 11) is 1.25. The van der Waals surface area contributed by atoms with E-state index in [2.05, 4.69) is 24.6 Å². The molecule has 0 aliphatic carbocycles. The molecule has 0 saturated carbocycles. The molecule has 1 aliphatic rings. The Morgan fingerprint density at radius 1 is 1.31 bits per heavy atom. The van der Waals surface area contributed by atoms with Gasteiger partial charge in [-0.2, -0.15) is 9.47 Å². The van der Waals surface area contributed by atoms with Gasteiger partial charge >= 0.3 is 5.97 Å². The first kappa shape index (κ1) is 18.0. The third-order valence-electron chi connectivity index (χ3n) is 3.28. The summed E-state index contributed by atoms with van der Waals surface area (Å²) >= 11 is 2.49. The topological polar surface area (TPSA) is 93.0 Å². The van der Waals surface area contributed by atoms with Crippen molar-refractivity contribution in [2.75, 3.05) is 7.11 Å². The molecule has 2 aromatic rings. The number of hydrogen-bond acceptors (Lipinski definition) is 8. The monoisotopic (exact) mass is 386 g/mol. The summed E-state index contributed by atoms with van der Waals surface area (Å²) in [6, 6.07) is 9.88. The average Bonchev–Trinajstić information content (AvgIpc) is 3.21. The van der Waals surface area contributed by atoms with Crippen molar-refractivity contribution in [2.24, 2.45) is 10.2 Å². The van der Waals surface area contributed by atoms with Crippen LogP contribution in [0.4, 0.5) is 0 Å². The van der Waals surface area contributed by atoms with Gasteiger partial charge in [-0.25, -0.2) is 4.79 Å². The zero-order valence-electron chi connectivity index (χ0n) is 13.9. The van der Waals surface area contributed by atoms with E-state index < -0.39 is 11.9 Å². The molecule has 1 saturated heterocycles. The van der Waals surface area contributed by atoms with Gasteiger partial charge in [-0.05, 0) is 47.4 Å². The maximum Gasteiger partial charge on any atom is 0.331 e. The van der Waals surface area contributed by atoms with Gasteiger partial charge in [0.15, 0.2) is 5.17 Å². The molecule has 9 heteroatoms. The predicted molar refractivity (Wildman–Crippen MR) is 103 cm³/mol. The van der Waals surface area contributed by atoms with Gasteiger partial charge in [-0.15, -0.1) is 5.10 Å². The van der Waals surface area contributed by atoms with E-state index in [1.807, 2.05) is 37.3 Å². The summed E-state index contributed by atoms with van der Waals surface area (Å²) in [5.41, 5.74) is 2.97. The number of aryl methyl sites for hydroxylation is 1. The first-order chi connectivity index (χ1) is 12.5. The molecule has 1 fully saturated rings. The van der Waals surface area contributed by atoms with Crippen LogP contribution in [0.3, 0.4) is 0 Å². The first-order valence-electron chi connectivity index (χ1n) is 7.49. The minimum absolute atomic E-state index is 0.218. The molecule has 7 nitrogen and oxygen atoms in total. The Hall–Kier alpha value is -2.78. The molecule has 26 heavy (non-hydrogen) atoms. The van der Waals surface area contributed by atoms with Gasteiger partial charge in [-0.1, -0.05) is 24.3 Å². The fourth-order valence-electron chi connectivity index (χ4n) is 2.02. The Kier molecular flexibility index (Phi) is 5.59. The Morgan fingerprint density at radius 3 is 2.73 bits per heavy atom. The molecule has 0 unspecified atom stereocenters.